The van der Waals surface area contributed by atoms with Gasteiger partial charge < -0.3 is 14.7 Å². The van der Waals surface area contributed by atoms with Crippen LogP contribution in [-0.2, 0) is 9.59 Å². The maximum absolute atomic E-state index is 13.1. The monoisotopic (exact) mass is 399 g/mol. The van der Waals surface area contributed by atoms with Crippen molar-refractivity contribution in [3.63, 3.8) is 0 Å². The van der Waals surface area contributed by atoms with Crippen molar-refractivity contribution in [3.8, 4) is 0 Å². The van der Waals surface area contributed by atoms with Crippen LogP contribution in [0.1, 0.15) is 13.8 Å². The van der Waals surface area contributed by atoms with Gasteiger partial charge in [0.15, 0.2) is 0 Å². The molecule has 6 heteroatoms. The van der Waals surface area contributed by atoms with E-state index in [0.717, 1.165) is 11.4 Å². The number of hydrogen-bond donors (Lipinski definition) is 0. The molecule has 5 nitrogen and oxygen atoms in total. The molecular formula is C22H26ClN3O2. The Balaban J connectivity index is 1.65. The van der Waals surface area contributed by atoms with Crippen LogP contribution in [0.5, 0.6) is 0 Å². The Bertz CT molecular complexity index is 846. The van der Waals surface area contributed by atoms with Crippen LogP contribution in [0.2, 0.25) is 5.02 Å². The smallest absolute Gasteiger partial charge is 0.241 e. The zero-order valence-corrected chi connectivity index (χ0v) is 17.3. The van der Waals surface area contributed by atoms with Gasteiger partial charge >= 0.3 is 0 Å². The van der Waals surface area contributed by atoms with Crippen LogP contribution in [0.25, 0.3) is 0 Å². The average Bonchev–Trinajstić information content (AvgIpc) is 2.72. The number of anilines is 2. The Kier molecular flexibility index (Phi) is 5.94. The Morgan fingerprint density at radius 3 is 2.21 bits per heavy atom. The summed E-state index contributed by atoms with van der Waals surface area (Å²) in [5.41, 5.74) is 0.709. The summed E-state index contributed by atoms with van der Waals surface area (Å²) in [6, 6.07) is 17.1. The van der Waals surface area contributed by atoms with Gasteiger partial charge in [-0.05, 0) is 44.2 Å². The number of amides is 2. The number of carbonyl (C=O) groups excluding carboxylic acids is 2. The first-order chi connectivity index (χ1) is 13.3. The third-order valence-corrected chi connectivity index (χ3v) is 5.49. The fourth-order valence-electron chi connectivity index (χ4n) is 3.52. The molecule has 0 aromatic heterocycles. The molecule has 2 aromatic carbocycles. The van der Waals surface area contributed by atoms with Gasteiger partial charge in [0.1, 0.15) is 5.41 Å². The van der Waals surface area contributed by atoms with E-state index >= 15 is 0 Å². The zero-order chi connectivity index (χ0) is 20.3. The quantitative estimate of drug-likeness (QED) is 0.736. The molecule has 2 amide bonds. The third-order valence-electron chi connectivity index (χ3n) is 5.26. The van der Waals surface area contributed by atoms with Gasteiger partial charge in [-0.1, -0.05) is 35.9 Å². The van der Waals surface area contributed by atoms with Crippen molar-refractivity contribution >= 4 is 34.8 Å². The largest absolute Gasteiger partial charge is 0.368 e. The number of para-hydroxylation sites is 1. The predicted octanol–water partition coefficient (Wildman–Crippen LogP) is 3.68. The first-order valence-electron chi connectivity index (χ1n) is 9.44. The fraction of sp³-hybridized carbons (Fsp3) is 0.364. The Morgan fingerprint density at radius 1 is 0.964 bits per heavy atom. The summed E-state index contributed by atoms with van der Waals surface area (Å²) < 4.78 is 0. The molecule has 28 heavy (non-hydrogen) atoms. The van der Waals surface area contributed by atoms with Gasteiger partial charge in [-0.2, -0.15) is 0 Å². The Labute approximate surface area is 171 Å². The maximum Gasteiger partial charge on any atom is 0.241 e. The first-order valence-corrected chi connectivity index (χ1v) is 9.81. The molecule has 0 radical (unpaired) electrons. The van der Waals surface area contributed by atoms with Gasteiger partial charge in [-0.25, -0.2) is 0 Å². The molecule has 1 heterocycles. The number of hydrogen-bond acceptors (Lipinski definition) is 3. The van der Waals surface area contributed by atoms with Crippen molar-refractivity contribution in [2.75, 3.05) is 43.0 Å². The second-order valence-corrected chi connectivity index (χ2v) is 8.02. The normalized spacial score (nSPS) is 14.7. The summed E-state index contributed by atoms with van der Waals surface area (Å²) in [5, 5.41) is 0.701. The summed E-state index contributed by atoms with van der Waals surface area (Å²) in [4.78, 5) is 31.7. The molecule has 1 aliphatic rings. The number of benzene rings is 2. The van der Waals surface area contributed by atoms with Crippen molar-refractivity contribution in [1.29, 1.82) is 0 Å². The second-order valence-electron chi connectivity index (χ2n) is 7.58. The highest BCUT2D eigenvalue weighted by Crippen LogP contribution is 2.27. The maximum atomic E-state index is 13.1. The average molecular weight is 400 g/mol. The molecule has 148 valence electrons. The van der Waals surface area contributed by atoms with E-state index < -0.39 is 5.41 Å². The topological polar surface area (TPSA) is 43.9 Å². The number of halogens is 1. The number of nitrogens with zero attached hydrogens (tertiary/aromatic N) is 3. The highest BCUT2D eigenvalue weighted by molar-refractivity contribution is 6.30. The van der Waals surface area contributed by atoms with Crippen molar-refractivity contribution in [2.24, 2.45) is 5.41 Å². The molecule has 1 fully saturated rings. The van der Waals surface area contributed by atoms with Gasteiger partial charge in [-0.15, -0.1) is 0 Å². The standard InChI is InChI=1S/C22H26ClN3O2/c1-22(2,20(27)24(3)18-9-5-4-6-10-18)21(28)26-14-12-25(13-15-26)19-11-7-8-17(23)16-19/h4-11,16H,12-15H2,1-3H3. The molecule has 2 aromatic rings. The Hall–Kier alpha value is -2.53. The van der Waals surface area contributed by atoms with E-state index in [1.807, 2.05) is 54.6 Å². The number of carbonyl (C=O) groups is 2. The summed E-state index contributed by atoms with van der Waals surface area (Å²) in [7, 11) is 1.71. The van der Waals surface area contributed by atoms with E-state index in [1.54, 1.807) is 30.7 Å². The fourth-order valence-corrected chi connectivity index (χ4v) is 3.70. The molecule has 0 N–H and O–H groups in total. The summed E-state index contributed by atoms with van der Waals surface area (Å²) >= 11 is 6.08. The Morgan fingerprint density at radius 2 is 1.61 bits per heavy atom. The molecule has 3 rings (SSSR count). The molecule has 1 aliphatic heterocycles. The lowest BCUT2D eigenvalue weighted by atomic mass is 9.89. The van der Waals surface area contributed by atoms with Crippen molar-refractivity contribution in [3.05, 3.63) is 59.6 Å². The summed E-state index contributed by atoms with van der Waals surface area (Å²) in [6.45, 7) is 6.00. The minimum Gasteiger partial charge on any atom is -0.368 e. The van der Waals surface area contributed by atoms with Crippen LogP contribution in [-0.4, -0.2) is 49.9 Å². The van der Waals surface area contributed by atoms with E-state index in [-0.39, 0.29) is 11.8 Å². The molecule has 0 unspecified atom stereocenters. The van der Waals surface area contributed by atoms with Crippen molar-refractivity contribution < 1.29 is 9.59 Å². The lowest BCUT2D eigenvalue weighted by molar-refractivity contribution is -0.147. The highest BCUT2D eigenvalue weighted by atomic mass is 35.5. The minimum absolute atomic E-state index is 0.133. The summed E-state index contributed by atoms with van der Waals surface area (Å²) in [5.74, 6) is -0.341. The van der Waals surface area contributed by atoms with Crippen LogP contribution in [0.4, 0.5) is 11.4 Å². The zero-order valence-electron chi connectivity index (χ0n) is 16.6. The van der Waals surface area contributed by atoms with Crippen molar-refractivity contribution in [2.45, 2.75) is 13.8 Å². The third kappa shape index (κ3) is 4.14. The van der Waals surface area contributed by atoms with Crippen LogP contribution >= 0.6 is 11.6 Å². The minimum atomic E-state index is -1.12. The van der Waals surface area contributed by atoms with Gasteiger partial charge in [0.05, 0.1) is 0 Å². The van der Waals surface area contributed by atoms with E-state index in [0.29, 0.717) is 31.2 Å². The van der Waals surface area contributed by atoms with Crippen LogP contribution in [0.15, 0.2) is 54.6 Å². The van der Waals surface area contributed by atoms with Gasteiger partial charge in [-0.3, -0.25) is 9.59 Å². The molecule has 0 bridgehead atoms. The first kappa shape index (κ1) is 20.2. The van der Waals surface area contributed by atoms with E-state index in [9.17, 15) is 9.59 Å². The van der Waals surface area contributed by atoms with Crippen LogP contribution in [0, 0.1) is 5.41 Å². The molecule has 0 aliphatic carbocycles. The van der Waals surface area contributed by atoms with Gasteiger partial charge in [0.2, 0.25) is 11.8 Å². The van der Waals surface area contributed by atoms with Crippen molar-refractivity contribution in [1.82, 2.24) is 4.90 Å². The number of piperazine rings is 1. The van der Waals surface area contributed by atoms with Gasteiger partial charge in [0, 0.05) is 49.6 Å². The van der Waals surface area contributed by atoms with Crippen LogP contribution < -0.4 is 9.80 Å². The van der Waals surface area contributed by atoms with E-state index in [4.69, 9.17) is 11.6 Å². The highest BCUT2D eigenvalue weighted by Gasteiger charge is 2.42. The summed E-state index contributed by atoms with van der Waals surface area (Å²) in [6.07, 6.45) is 0. The number of rotatable bonds is 4. The molecule has 1 saturated heterocycles. The van der Waals surface area contributed by atoms with Crippen LogP contribution in [0.3, 0.4) is 0 Å². The predicted molar refractivity (Wildman–Crippen MR) is 114 cm³/mol. The second kappa shape index (κ2) is 8.23. The molecule has 0 atom stereocenters. The molecule has 0 spiro atoms. The lowest BCUT2D eigenvalue weighted by Gasteiger charge is -2.39. The van der Waals surface area contributed by atoms with Gasteiger partial charge in [0.25, 0.3) is 0 Å². The van der Waals surface area contributed by atoms with E-state index in [1.165, 1.54) is 0 Å². The lowest BCUT2D eigenvalue weighted by Crippen LogP contribution is -2.55. The molecule has 0 saturated carbocycles. The van der Waals surface area contributed by atoms with E-state index in [2.05, 4.69) is 4.90 Å². The molecular weight excluding hydrogens is 374 g/mol. The SMILES string of the molecule is CN(C(=O)C(C)(C)C(=O)N1CCN(c2cccc(Cl)c2)CC1)c1ccccc1.